The van der Waals surface area contributed by atoms with E-state index in [1.54, 1.807) is 11.2 Å². The van der Waals surface area contributed by atoms with E-state index in [0.29, 0.717) is 25.4 Å². The van der Waals surface area contributed by atoms with Crippen LogP contribution in [0.1, 0.15) is 20.8 Å². The number of carbonyl (C=O) groups is 1. The fourth-order valence-electron chi connectivity index (χ4n) is 3.41. The molecule has 1 saturated heterocycles. The fraction of sp³-hybridized carbons (Fsp3) is 0.500. The third kappa shape index (κ3) is 3.52. The Morgan fingerprint density at radius 3 is 2.85 bits per heavy atom. The van der Waals surface area contributed by atoms with Gasteiger partial charge in [-0.15, -0.1) is 0 Å². The molecular formula is C18H20BrClN4O3. The quantitative estimate of drug-likeness (QED) is 0.563. The third-order valence-corrected chi connectivity index (χ3v) is 5.37. The zero-order chi connectivity index (χ0) is 19.3. The van der Waals surface area contributed by atoms with E-state index in [9.17, 15) is 4.79 Å². The molecule has 0 aliphatic carbocycles. The van der Waals surface area contributed by atoms with Crippen molar-refractivity contribution in [3.8, 4) is 5.75 Å². The molecule has 7 nitrogen and oxygen atoms in total. The van der Waals surface area contributed by atoms with Gasteiger partial charge < -0.3 is 19.3 Å². The smallest absolute Gasteiger partial charge is 0.410 e. The summed E-state index contributed by atoms with van der Waals surface area (Å²) in [6.07, 6.45) is 1.20. The lowest BCUT2D eigenvalue weighted by molar-refractivity contribution is 0.0193. The van der Waals surface area contributed by atoms with Crippen LogP contribution in [-0.2, 0) is 4.74 Å². The van der Waals surface area contributed by atoms with Gasteiger partial charge in [-0.1, -0.05) is 27.5 Å². The normalized spacial score (nSPS) is 22.1. The molecular weight excluding hydrogens is 436 g/mol. The molecule has 0 saturated carbocycles. The summed E-state index contributed by atoms with van der Waals surface area (Å²) >= 11 is 10.1. The van der Waals surface area contributed by atoms with Crippen molar-refractivity contribution < 1.29 is 14.3 Å². The van der Waals surface area contributed by atoms with Crippen molar-refractivity contribution in [3.05, 3.63) is 22.9 Å². The minimum Gasteiger partial charge on any atom is -0.472 e. The van der Waals surface area contributed by atoms with Gasteiger partial charge in [0.25, 0.3) is 0 Å². The maximum atomic E-state index is 12.5. The van der Waals surface area contributed by atoms with E-state index in [1.165, 1.54) is 0 Å². The average Bonchev–Trinajstić information content (AvgIpc) is 2.69. The van der Waals surface area contributed by atoms with Crippen molar-refractivity contribution in [1.29, 1.82) is 0 Å². The van der Waals surface area contributed by atoms with Crippen molar-refractivity contribution >= 4 is 50.3 Å². The first kappa shape index (κ1) is 18.6. The average molecular weight is 456 g/mol. The molecule has 1 fully saturated rings. The molecule has 2 atom stereocenters. The monoisotopic (exact) mass is 454 g/mol. The number of aromatic nitrogens is 2. The maximum absolute atomic E-state index is 12.5. The minimum atomic E-state index is -0.651. The molecule has 0 bridgehead atoms. The predicted octanol–water partition coefficient (Wildman–Crippen LogP) is 3.78. The molecule has 0 spiro atoms. The van der Waals surface area contributed by atoms with Crippen molar-refractivity contribution in [2.24, 2.45) is 0 Å². The predicted molar refractivity (Wildman–Crippen MR) is 106 cm³/mol. The van der Waals surface area contributed by atoms with Gasteiger partial charge in [0.2, 0.25) is 0 Å². The van der Waals surface area contributed by atoms with Crippen LogP contribution in [0, 0.1) is 0 Å². The highest BCUT2D eigenvalue weighted by Crippen LogP contribution is 2.40. The first-order chi connectivity index (χ1) is 12.7. The van der Waals surface area contributed by atoms with Crippen molar-refractivity contribution in [2.75, 3.05) is 24.5 Å². The molecule has 3 heterocycles. The van der Waals surface area contributed by atoms with E-state index in [1.807, 2.05) is 32.9 Å². The molecule has 27 heavy (non-hydrogen) atoms. The van der Waals surface area contributed by atoms with Gasteiger partial charge in [0.15, 0.2) is 5.56 Å². The lowest BCUT2D eigenvalue weighted by Gasteiger charge is -2.42. The highest BCUT2D eigenvalue weighted by molar-refractivity contribution is 9.10. The second-order valence-corrected chi connectivity index (χ2v) is 9.00. The first-order valence-corrected chi connectivity index (χ1v) is 9.95. The summed E-state index contributed by atoms with van der Waals surface area (Å²) in [6, 6.07) is 3.54. The molecule has 2 aliphatic heterocycles. The number of hydrogen-bond acceptors (Lipinski definition) is 6. The van der Waals surface area contributed by atoms with Gasteiger partial charge in [-0.05, 0) is 32.9 Å². The Labute approximate surface area is 170 Å². The number of halogens is 2. The number of rotatable bonds is 0. The van der Waals surface area contributed by atoms with Crippen molar-refractivity contribution in [1.82, 2.24) is 14.9 Å². The molecule has 0 radical (unpaired) electrons. The lowest BCUT2D eigenvalue weighted by atomic mass is 10.1. The second kappa shape index (κ2) is 6.67. The van der Waals surface area contributed by atoms with Gasteiger partial charge in [-0.3, -0.25) is 0 Å². The molecule has 144 valence electrons. The molecule has 2 aliphatic rings. The van der Waals surface area contributed by atoms with Crippen LogP contribution in [0.5, 0.6) is 5.75 Å². The van der Waals surface area contributed by atoms with Crippen LogP contribution in [-0.4, -0.2) is 57.8 Å². The molecule has 4 rings (SSSR count). The zero-order valence-corrected chi connectivity index (χ0v) is 17.6. The van der Waals surface area contributed by atoms with Gasteiger partial charge in [0, 0.05) is 24.1 Å². The van der Waals surface area contributed by atoms with E-state index in [0.717, 1.165) is 21.2 Å². The van der Waals surface area contributed by atoms with Crippen molar-refractivity contribution in [2.45, 2.75) is 38.0 Å². The highest BCUT2D eigenvalue weighted by atomic mass is 79.9. The Hall–Kier alpha value is -1.80. The number of ether oxygens (including phenoxy) is 2. The number of piperazine rings is 1. The number of hydrogen-bond donors (Lipinski definition) is 0. The Bertz CT molecular complexity index is 904. The summed E-state index contributed by atoms with van der Waals surface area (Å²) in [5.74, 6) is 1.41. The van der Waals surface area contributed by atoms with Gasteiger partial charge >= 0.3 is 6.09 Å². The zero-order valence-electron chi connectivity index (χ0n) is 15.3. The van der Waals surface area contributed by atoms with Crippen LogP contribution in [0.3, 0.4) is 0 Å². The Morgan fingerprint density at radius 1 is 1.33 bits per heavy atom. The molecule has 2 aromatic rings. The Balaban J connectivity index is 1.69. The summed E-state index contributed by atoms with van der Waals surface area (Å²) in [6.45, 7) is 7.05. The van der Waals surface area contributed by atoms with E-state index in [2.05, 4.69) is 30.8 Å². The van der Waals surface area contributed by atoms with Crippen LogP contribution >= 0.6 is 27.5 Å². The van der Waals surface area contributed by atoms with Crippen LogP contribution in [0.15, 0.2) is 22.9 Å². The van der Waals surface area contributed by atoms with E-state index >= 15 is 0 Å². The summed E-state index contributed by atoms with van der Waals surface area (Å²) in [5.41, 5.74) is -0.416. The number of anilines is 1. The van der Waals surface area contributed by atoms with Gasteiger partial charge in [-0.2, -0.15) is 0 Å². The second-order valence-electron chi connectivity index (χ2n) is 7.65. The molecule has 9 heteroatoms. The fourth-order valence-corrected chi connectivity index (χ4v) is 4.14. The number of fused-ring (bicyclic) bond motifs is 2. The molecule has 1 unspecified atom stereocenters. The van der Waals surface area contributed by atoms with Gasteiger partial charge in [-0.25, -0.2) is 14.8 Å². The SMILES string of the molecule is CC(C)(C)OC(=O)N1CCN2c3ncnc4cc(Br)cc(c34)O[C@@H](Cl)C2C1. The van der Waals surface area contributed by atoms with E-state index < -0.39 is 11.2 Å². The van der Waals surface area contributed by atoms with Gasteiger partial charge in [0.05, 0.1) is 16.9 Å². The largest absolute Gasteiger partial charge is 0.472 e. The first-order valence-electron chi connectivity index (χ1n) is 8.72. The molecule has 1 aromatic heterocycles. The number of alkyl halides is 1. The van der Waals surface area contributed by atoms with E-state index in [-0.39, 0.29) is 12.1 Å². The Kier molecular flexibility index (Phi) is 4.58. The molecule has 1 aromatic carbocycles. The van der Waals surface area contributed by atoms with Crippen molar-refractivity contribution in [3.63, 3.8) is 0 Å². The maximum Gasteiger partial charge on any atom is 0.410 e. The minimum absolute atomic E-state index is 0.253. The van der Waals surface area contributed by atoms with E-state index in [4.69, 9.17) is 21.1 Å². The summed E-state index contributed by atoms with van der Waals surface area (Å²) in [7, 11) is 0. The molecule has 0 N–H and O–H groups in total. The van der Waals surface area contributed by atoms with Crippen LogP contribution < -0.4 is 9.64 Å². The standard InChI is InChI=1S/C18H20BrClN4O3/c1-18(2,3)27-17(25)23-4-5-24-12(8-23)15(20)26-13-7-10(19)6-11-14(13)16(24)22-9-21-11/h6-7,9,12,15H,4-5,8H2,1-3H3/t12?,15-/m1/s1. The Morgan fingerprint density at radius 2 is 2.11 bits per heavy atom. The lowest BCUT2D eigenvalue weighted by Crippen LogP contribution is -2.59. The number of amides is 1. The summed E-state index contributed by atoms with van der Waals surface area (Å²) in [5, 5.41) is 0.833. The van der Waals surface area contributed by atoms with Gasteiger partial charge in [0.1, 0.15) is 23.5 Å². The number of nitrogens with zero attached hydrogens (tertiary/aromatic N) is 4. The highest BCUT2D eigenvalue weighted by Gasteiger charge is 2.40. The topological polar surface area (TPSA) is 67.8 Å². The number of benzene rings is 1. The van der Waals surface area contributed by atoms with Crippen LogP contribution in [0.4, 0.5) is 10.6 Å². The van der Waals surface area contributed by atoms with Crippen LogP contribution in [0.25, 0.3) is 10.9 Å². The molecule has 1 amide bonds. The summed E-state index contributed by atoms with van der Waals surface area (Å²) in [4.78, 5) is 25.1. The van der Waals surface area contributed by atoms with Crippen LogP contribution in [0.2, 0.25) is 0 Å². The number of carbonyl (C=O) groups excluding carboxylic acids is 1. The third-order valence-electron chi connectivity index (χ3n) is 4.53. The summed E-state index contributed by atoms with van der Waals surface area (Å²) < 4.78 is 12.4.